The van der Waals surface area contributed by atoms with E-state index in [0.717, 1.165) is 133 Å². The summed E-state index contributed by atoms with van der Waals surface area (Å²) in [5, 5.41) is 15.8. The summed E-state index contributed by atoms with van der Waals surface area (Å²) in [5.41, 5.74) is 27.5. The number of hydrogen-bond donors (Lipinski definition) is 0. The molecule has 0 bridgehead atoms. The SMILES string of the molecule is c1ccc(-c2ccc(-c3nc4ccc5ccccc5c4nc3-c3ccc(-c4cccc5sc6ccccc6c45)cc3)cc2)cc1.c1ccc(-c2cccc(-c3nc(-c4ccc(-c5ccc6sc7ccccc7c6c5)cc4)c4ccc5ccccc5c4n3)c2)cc1.c1ccc(-c2nc3ccc4cc(-c5cccc6sc7ccccc7c56)ccc4c3nc2-c2ccccc2)cc1. The van der Waals surface area contributed by atoms with Gasteiger partial charge in [-0.1, -0.05) is 376 Å². The number of thiophene rings is 3. The largest absolute Gasteiger partial charge is 0.244 e. The first kappa shape index (κ1) is 76.5. The normalized spacial score (nSPS) is 11.6. The van der Waals surface area contributed by atoms with Gasteiger partial charge in [0.2, 0.25) is 0 Å². The van der Waals surface area contributed by atoms with Gasteiger partial charge >= 0.3 is 0 Å². The Bertz CT molecular complexity index is 8840. The van der Waals surface area contributed by atoms with E-state index in [4.69, 9.17) is 29.9 Å². The second-order valence-electron chi connectivity index (χ2n) is 32.6. The second kappa shape index (κ2) is 32.8. The van der Waals surface area contributed by atoms with E-state index < -0.39 is 0 Å². The quantitative estimate of drug-likeness (QED) is 0.120. The fourth-order valence-corrected chi connectivity index (χ4v) is 21.8. The maximum atomic E-state index is 5.35. The summed E-state index contributed by atoms with van der Waals surface area (Å²) >= 11 is 5.56. The topological polar surface area (TPSA) is 77.3 Å². The zero-order valence-electron chi connectivity index (χ0n) is 69.6. The molecule has 9 heteroatoms. The lowest BCUT2D eigenvalue weighted by Gasteiger charge is -2.13. The van der Waals surface area contributed by atoms with Crippen LogP contribution in [0.15, 0.2) is 449 Å². The lowest BCUT2D eigenvalue weighted by molar-refractivity contribution is 1.23. The van der Waals surface area contributed by atoms with Crippen LogP contribution in [0.5, 0.6) is 0 Å². The molecule has 0 saturated heterocycles. The first-order chi connectivity index (χ1) is 63.9. The summed E-state index contributed by atoms with van der Waals surface area (Å²) in [7, 11) is 0. The molecule has 6 heterocycles. The third kappa shape index (κ3) is 14.2. The van der Waals surface area contributed by atoms with Gasteiger partial charge in [-0.15, -0.1) is 34.0 Å². The number of benzene rings is 20. The van der Waals surface area contributed by atoms with Gasteiger partial charge in [0, 0.05) is 115 Å². The molecule has 0 saturated carbocycles. The lowest BCUT2D eigenvalue weighted by atomic mass is 9.96. The number of aromatic nitrogens is 6. The fraction of sp³-hybridized carbons (Fsp3) is 0. The molecule has 0 N–H and O–H groups in total. The molecule has 602 valence electrons. The molecule has 0 aliphatic carbocycles. The molecule has 6 aromatic heterocycles. The molecule has 20 aromatic carbocycles. The molecule has 0 unspecified atom stereocenters. The second-order valence-corrected chi connectivity index (χ2v) is 35.8. The zero-order chi connectivity index (χ0) is 85.2. The molecule has 26 aromatic rings. The van der Waals surface area contributed by atoms with E-state index in [1.165, 1.54) is 116 Å². The van der Waals surface area contributed by atoms with Crippen molar-refractivity contribution in [3.63, 3.8) is 0 Å². The van der Waals surface area contributed by atoms with Gasteiger partial charge in [-0.2, -0.15) is 0 Å². The standard InChI is InChI=1S/2C42H26N2S.C36H22N2S/c1-2-9-27(10-3-1)31-12-8-13-33(25-31)42-43-40(36-23-21-29-11-4-5-14-34(29)41(36)44-42)30-19-17-28(18-20-30)32-22-24-39-37(26-32)35-15-6-7-16-38(35)45-39;1-2-9-27(10-3-1)28-17-21-31(22-18-28)40-41(44-42-34-12-5-4-11-29(34)25-26-36(42)43-40)32-23-19-30(20-24-32)33-14-8-16-38-39(33)35-13-6-7-15-37(35)45-38;1-3-10-23(11-4-1)34-35(24-12-5-2-6-13-24)38-36-28-20-18-25(22-26(28)19-21-30(36)37-34)27-15-9-17-32-33(27)29-14-7-8-16-31(29)39-32/h2*1-26H;1-22H. The van der Waals surface area contributed by atoms with Crippen LogP contribution in [0.3, 0.4) is 0 Å². The van der Waals surface area contributed by atoms with Gasteiger partial charge in [-0.3, -0.25) is 0 Å². The molecule has 0 aliphatic rings. The summed E-state index contributed by atoms with van der Waals surface area (Å²) in [6.45, 7) is 0. The Morgan fingerprint density at radius 1 is 0.147 bits per heavy atom. The van der Waals surface area contributed by atoms with Crippen molar-refractivity contribution >= 4 is 160 Å². The van der Waals surface area contributed by atoms with Gasteiger partial charge in [-0.05, 0) is 145 Å². The molecule has 129 heavy (non-hydrogen) atoms. The predicted molar refractivity (Wildman–Crippen MR) is 550 cm³/mol. The third-order valence-corrected chi connectivity index (χ3v) is 28.3. The van der Waals surface area contributed by atoms with Crippen LogP contribution in [-0.2, 0) is 0 Å². The Kier molecular flexibility index (Phi) is 19.4. The molecule has 0 amide bonds. The van der Waals surface area contributed by atoms with Gasteiger partial charge in [0.05, 0.1) is 56.1 Å². The summed E-state index contributed by atoms with van der Waals surface area (Å²) < 4.78 is 7.92. The summed E-state index contributed by atoms with van der Waals surface area (Å²) in [4.78, 5) is 31.5. The first-order valence-electron chi connectivity index (χ1n) is 43.4. The van der Waals surface area contributed by atoms with Crippen LogP contribution in [-0.4, -0.2) is 29.9 Å². The van der Waals surface area contributed by atoms with Crippen LogP contribution in [0.1, 0.15) is 0 Å². The Labute approximate surface area is 756 Å². The lowest BCUT2D eigenvalue weighted by Crippen LogP contribution is -1.96. The van der Waals surface area contributed by atoms with E-state index in [2.05, 4.69) is 425 Å². The van der Waals surface area contributed by atoms with Crippen molar-refractivity contribution in [2.45, 2.75) is 0 Å². The van der Waals surface area contributed by atoms with Gasteiger partial charge in [0.15, 0.2) is 5.82 Å². The number of rotatable bonds is 11. The highest BCUT2D eigenvalue weighted by Crippen LogP contribution is 2.46. The zero-order valence-corrected chi connectivity index (χ0v) is 72.1. The maximum absolute atomic E-state index is 5.35. The highest BCUT2D eigenvalue weighted by atomic mass is 32.1. The van der Waals surface area contributed by atoms with Gasteiger partial charge < -0.3 is 0 Å². The van der Waals surface area contributed by atoms with E-state index in [0.29, 0.717) is 0 Å². The van der Waals surface area contributed by atoms with Gasteiger partial charge in [0.25, 0.3) is 0 Å². The smallest absolute Gasteiger partial charge is 0.160 e. The molecular formula is C120H74N6S3. The summed E-state index contributed by atoms with van der Waals surface area (Å²) in [6.07, 6.45) is 0. The van der Waals surface area contributed by atoms with Crippen LogP contribution < -0.4 is 0 Å². The van der Waals surface area contributed by atoms with Crippen molar-refractivity contribution < 1.29 is 0 Å². The average Bonchev–Trinajstić information content (AvgIpc) is 1.67. The molecule has 6 nitrogen and oxygen atoms in total. The Hall–Kier alpha value is -16.1. The molecule has 0 fully saturated rings. The number of nitrogens with zero attached hydrogens (tertiary/aromatic N) is 6. The fourth-order valence-electron chi connectivity index (χ4n) is 18.5. The van der Waals surface area contributed by atoms with Crippen LogP contribution in [0.25, 0.3) is 249 Å². The van der Waals surface area contributed by atoms with Gasteiger partial charge in [-0.25, -0.2) is 29.9 Å². The molecule has 0 atom stereocenters. The number of fused-ring (bicyclic) bond motifs is 18. The van der Waals surface area contributed by atoms with Crippen molar-refractivity contribution in [3.05, 3.63) is 449 Å². The van der Waals surface area contributed by atoms with E-state index in [-0.39, 0.29) is 0 Å². The van der Waals surface area contributed by atoms with E-state index in [1.807, 2.05) is 58.3 Å². The van der Waals surface area contributed by atoms with Crippen molar-refractivity contribution in [3.8, 4) is 123 Å². The van der Waals surface area contributed by atoms with Crippen LogP contribution in [0, 0.1) is 0 Å². The Morgan fingerprint density at radius 2 is 0.488 bits per heavy atom. The number of hydrogen-bond acceptors (Lipinski definition) is 9. The minimum atomic E-state index is 0.727. The van der Waals surface area contributed by atoms with E-state index >= 15 is 0 Å². The maximum Gasteiger partial charge on any atom is 0.160 e. The van der Waals surface area contributed by atoms with Gasteiger partial charge in [0.1, 0.15) is 0 Å². The van der Waals surface area contributed by atoms with Crippen LogP contribution >= 0.6 is 34.0 Å². The van der Waals surface area contributed by atoms with Crippen LogP contribution in [0.4, 0.5) is 0 Å². The molecule has 0 aliphatic heterocycles. The monoisotopic (exact) mass is 1690 g/mol. The molecule has 0 spiro atoms. The minimum Gasteiger partial charge on any atom is -0.244 e. The summed E-state index contributed by atoms with van der Waals surface area (Å²) in [5.74, 6) is 0.727. The summed E-state index contributed by atoms with van der Waals surface area (Å²) in [6, 6.07) is 159. The highest BCUT2D eigenvalue weighted by Gasteiger charge is 2.22. The Balaban J connectivity index is 0.000000108. The highest BCUT2D eigenvalue weighted by molar-refractivity contribution is 7.26. The van der Waals surface area contributed by atoms with Crippen molar-refractivity contribution in [1.82, 2.24) is 29.9 Å². The molecule has 0 radical (unpaired) electrons. The van der Waals surface area contributed by atoms with Crippen molar-refractivity contribution in [2.24, 2.45) is 0 Å². The van der Waals surface area contributed by atoms with Crippen molar-refractivity contribution in [2.75, 3.05) is 0 Å². The van der Waals surface area contributed by atoms with E-state index in [1.54, 1.807) is 0 Å². The predicted octanol–water partition coefficient (Wildman–Crippen LogP) is 33.8. The third-order valence-electron chi connectivity index (χ3n) is 24.8. The average molecular weight is 1700 g/mol. The molecule has 26 rings (SSSR count). The molecular weight excluding hydrogens is 1620 g/mol. The Morgan fingerprint density at radius 3 is 1.06 bits per heavy atom. The van der Waals surface area contributed by atoms with Crippen LogP contribution in [0.2, 0.25) is 0 Å². The minimum absolute atomic E-state index is 0.727. The first-order valence-corrected chi connectivity index (χ1v) is 45.9. The van der Waals surface area contributed by atoms with Crippen molar-refractivity contribution in [1.29, 1.82) is 0 Å². The van der Waals surface area contributed by atoms with E-state index in [9.17, 15) is 0 Å².